The van der Waals surface area contributed by atoms with E-state index in [1.54, 1.807) is 6.08 Å². The molecule has 1 aliphatic heterocycles. The van der Waals surface area contributed by atoms with E-state index < -0.39 is 5.97 Å². The van der Waals surface area contributed by atoms with Crippen molar-refractivity contribution in [3.8, 4) is 0 Å². The molecule has 108 valence electrons. The Morgan fingerprint density at radius 2 is 2.24 bits per heavy atom. The molecule has 0 aliphatic carbocycles. The number of aryl methyl sites for hydroxylation is 1. The van der Waals surface area contributed by atoms with Crippen molar-refractivity contribution in [2.75, 3.05) is 11.4 Å². The lowest BCUT2D eigenvalue weighted by molar-refractivity contribution is -0.131. The number of nitrogens with zero attached hydrogens (tertiary/aromatic N) is 3. The Morgan fingerprint density at radius 1 is 1.38 bits per heavy atom. The number of rotatable bonds is 3. The highest BCUT2D eigenvalue weighted by Gasteiger charge is 2.18. The van der Waals surface area contributed by atoms with Crippen LogP contribution in [0.15, 0.2) is 36.7 Å². The first kappa shape index (κ1) is 13.4. The van der Waals surface area contributed by atoms with E-state index in [0.29, 0.717) is 0 Å². The smallest absolute Gasteiger partial charge is 0.328 e. The van der Waals surface area contributed by atoms with Gasteiger partial charge in [-0.2, -0.15) is 0 Å². The van der Waals surface area contributed by atoms with E-state index in [2.05, 4.69) is 26.6 Å². The lowest BCUT2D eigenvalue weighted by atomic mass is 10.1. The fourth-order valence-corrected chi connectivity index (χ4v) is 2.64. The molecule has 0 atom stereocenters. The summed E-state index contributed by atoms with van der Waals surface area (Å²) >= 11 is 0. The van der Waals surface area contributed by atoms with E-state index in [-0.39, 0.29) is 0 Å². The fourth-order valence-electron chi connectivity index (χ4n) is 2.64. The fraction of sp³-hybridized carbons (Fsp3) is 0.250. The Hall–Kier alpha value is -2.56. The molecule has 21 heavy (non-hydrogen) atoms. The van der Waals surface area contributed by atoms with E-state index >= 15 is 0 Å². The molecule has 1 aromatic heterocycles. The maximum atomic E-state index is 10.8. The Morgan fingerprint density at radius 3 is 3.05 bits per heavy atom. The third-order valence-electron chi connectivity index (χ3n) is 3.67. The zero-order valence-electron chi connectivity index (χ0n) is 11.9. The molecular weight excluding hydrogens is 266 g/mol. The maximum absolute atomic E-state index is 10.8. The topological polar surface area (TPSA) is 58.4 Å². The van der Waals surface area contributed by atoms with Crippen LogP contribution in [-0.4, -0.2) is 27.2 Å². The lowest BCUT2D eigenvalue weighted by Crippen LogP contribution is -2.34. The Kier molecular flexibility index (Phi) is 3.48. The molecular formula is C16H17N3O2. The van der Waals surface area contributed by atoms with Gasteiger partial charge in [0.25, 0.3) is 0 Å². The van der Waals surface area contributed by atoms with Crippen molar-refractivity contribution < 1.29 is 9.90 Å². The number of carbonyl (C=O) groups is 1. The summed E-state index contributed by atoms with van der Waals surface area (Å²) in [7, 11) is 0. The summed E-state index contributed by atoms with van der Waals surface area (Å²) in [6, 6.07) is 6.11. The standard InChI is InChI=1S/C16H17N3O2/c1-12-2-4-14(13(10-12)3-5-16(20)21)19-9-8-18-7-6-17-15(18)11-19/h2-7,10H,8-9,11H2,1H3,(H,20,21)/b5-3+. The van der Waals surface area contributed by atoms with E-state index in [1.165, 1.54) is 6.08 Å². The number of anilines is 1. The minimum absolute atomic E-state index is 0.740. The Balaban J connectivity index is 1.93. The van der Waals surface area contributed by atoms with Gasteiger partial charge in [-0.05, 0) is 30.7 Å². The number of fused-ring (bicyclic) bond motifs is 1. The molecule has 0 spiro atoms. The van der Waals surface area contributed by atoms with Crippen LogP contribution < -0.4 is 4.90 Å². The molecule has 0 radical (unpaired) electrons. The Labute approximate surface area is 123 Å². The van der Waals surface area contributed by atoms with Crippen molar-refractivity contribution in [1.82, 2.24) is 9.55 Å². The molecule has 1 aromatic carbocycles. The zero-order chi connectivity index (χ0) is 14.8. The number of aliphatic carboxylic acids is 1. The van der Waals surface area contributed by atoms with Crippen molar-refractivity contribution >= 4 is 17.7 Å². The molecule has 5 heteroatoms. The normalized spacial score (nSPS) is 14.4. The van der Waals surface area contributed by atoms with Gasteiger partial charge in [0.05, 0.1) is 6.54 Å². The van der Waals surface area contributed by atoms with Crippen molar-refractivity contribution in [2.45, 2.75) is 20.0 Å². The monoisotopic (exact) mass is 283 g/mol. The van der Waals surface area contributed by atoms with Gasteiger partial charge in [0, 0.05) is 37.2 Å². The second-order valence-corrected chi connectivity index (χ2v) is 5.19. The third-order valence-corrected chi connectivity index (χ3v) is 3.67. The first-order chi connectivity index (χ1) is 10.1. The summed E-state index contributed by atoms with van der Waals surface area (Å²) < 4.78 is 2.15. The molecule has 2 heterocycles. The summed E-state index contributed by atoms with van der Waals surface area (Å²) in [5.74, 6) is 0.103. The SMILES string of the molecule is Cc1ccc(N2CCn3ccnc3C2)c(/C=C/C(=O)O)c1. The largest absolute Gasteiger partial charge is 0.478 e. The van der Waals surface area contributed by atoms with Gasteiger partial charge < -0.3 is 14.6 Å². The molecule has 0 saturated heterocycles. The number of imidazole rings is 1. The van der Waals surface area contributed by atoms with E-state index in [9.17, 15) is 4.79 Å². The molecule has 1 aliphatic rings. The molecule has 0 amide bonds. The summed E-state index contributed by atoms with van der Waals surface area (Å²) in [4.78, 5) is 17.4. The van der Waals surface area contributed by atoms with Crippen molar-refractivity contribution in [3.05, 3.63) is 53.6 Å². The van der Waals surface area contributed by atoms with Gasteiger partial charge in [-0.25, -0.2) is 9.78 Å². The molecule has 3 rings (SSSR count). The maximum Gasteiger partial charge on any atom is 0.328 e. The summed E-state index contributed by atoms with van der Waals surface area (Å²) in [6.45, 7) is 4.53. The van der Waals surface area contributed by atoms with Crippen LogP contribution in [0.25, 0.3) is 6.08 Å². The minimum Gasteiger partial charge on any atom is -0.478 e. The molecule has 5 nitrogen and oxygen atoms in total. The Bertz CT molecular complexity index is 703. The number of hydrogen-bond donors (Lipinski definition) is 1. The van der Waals surface area contributed by atoms with Crippen LogP contribution in [-0.2, 0) is 17.9 Å². The minimum atomic E-state index is -0.934. The highest BCUT2D eigenvalue weighted by molar-refractivity contribution is 5.87. The number of benzene rings is 1. The van der Waals surface area contributed by atoms with Crippen LogP contribution in [0.3, 0.4) is 0 Å². The highest BCUT2D eigenvalue weighted by Crippen LogP contribution is 2.26. The van der Waals surface area contributed by atoms with Crippen molar-refractivity contribution in [3.63, 3.8) is 0 Å². The van der Waals surface area contributed by atoms with Crippen molar-refractivity contribution in [1.29, 1.82) is 0 Å². The second kappa shape index (κ2) is 5.44. The molecule has 2 aromatic rings. The van der Waals surface area contributed by atoms with Gasteiger partial charge >= 0.3 is 5.97 Å². The van der Waals surface area contributed by atoms with Gasteiger partial charge in [-0.1, -0.05) is 11.6 Å². The lowest BCUT2D eigenvalue weighted by Gasteiger charge is -2.31. The molecule has 0 unspecified atom stereocenters. The number of aromatic nitrogens is 2. The zero-order valence-corrected chi connectivity index (χ0v) is 11.9. The first-order valence-electron chi connectivity index (χ1n) is 6.90. The number of carboxylic acids is 1. The first-order valence-corrected chi connectivity index (χ1v) is 6.90. The average Bonchev–Trinajstić information content (AvgIpc) is 2.92. The van der Waals surface area contributed by atoms with Crippen LogP contribution in [0.2, 0.25) is 0 Å². The molecule has 1 N–H and O–H groups in total. The van der Waals surface area contributed by atoms with Crippen LogP contribution in [0.1, 0.15) is 17.0 Å². The van der Waals surface area contributed by atoms with Gasteiger partial charge in [0.2, 0.25) is 0 Å². The van der Waals surface area contributed by atoms with Crippen LogP contribution in [0.5, 0.6) is 0 Å². The number of carboxylic acid groups (broad SMARTS) is 1. The predicted molar refractivity (Wildman–Crippen MR) is 81.1 cm³/mol. The van der Waals surface area contributed by atoms with E-state index in [0.717, 1.165) is 42.3 Å². The van der Waals surface area contributed by atoms with Crippen LogP contribution in [0.4, 0.5) is 5.69 Å². The van der Waals surface area contributed by atoms with Gasteiger partial charge in [-0.15, -0.1) is 0 Å². The summed E-state index contributed by atoms with van der Waals surface area (Å²) in [6.07, 6.45) is 6.65. The van der Waals surface area contributed by atoms with Crippen LogP contribution in [0, 0.1) is 6.92 Å². The van der Waals surface area contributed by atoms with E-state index in [4.69, 9.17) is 5.11 Å². The summed E-state index contributed by atoms with van der Waals surface area (Å²) in [5, 5.41) is 8.83. The second-order valence-electron chi connectivity index (χ2n) is 5.19. The van der Waals surface area contributed by atoms with Gasteiger partial charge in [0.15, 0.2) is 0 Å². The van der Waals surface area contributed by atoms with Crippen LogP contribution >= 0.6 is 0 Å². The average molecular weight is 283 g/mol. The summed E-state index contributed by atoms with van der Waals surface area (Å²) in [5.41, 5.74) is 3.09. The predicted octanol–water partition coefficient (Wildman–Crippen LogP) is 2.31. The highest BCUT2D eigenvalue weighted by atomic mass is 16.4. The van der Waals surface area contributed by atoms with E-state index in [1.807, 2.05) is 25.4 Å². The number of hydrogen-bond acceptors (Lipinski definition) is 3. The van der Waals surface area contributed by atoms with Gasteiger partial charge in [0.1, 0.15) is 5.82 Å². The van der Waals surface area contributed by atoms with Crippen molar-refractivity contribution in [2.24, 2.45) is 0 Å². The molecule has 0 saturated carbocycles. The van der Waals surface area contributed by atoms with Gasteiger partial charge in [-0.3, -0.25) is 0 Å². The molecule has 0 fully saturated rings. The quantitative estimate of drug-likeness (QED) is 0.878. The third kappa shape index (κ3) is 2.81. The molecule has 0 bridgehead atoms.